The van der Waals surface area contributed by atoms with Crippen molar-refractivity contribution in [2.75, 3.05) is 0 Å². The number of carbonyl (C=O) groups is 1. The number of pyridine rings is 1. The van der Waals surface area contributed by atoms with Crippen LogP contribution in [0.3, 0.4) is 0 Å². The number of aromatic nitrogens is 3. The molecule has 0 aliphatic heterocycles. The molecule has 0 aliphatic carbocycles. The molecule has 0 radical (unpaired) electrons. The highest BCUT2D eigenvalue weighted by Gasteiger charge is 2.07. The van der Waals surface area contributed by atoms with Crippen molar-refractivity contribution < 1.29 is 4.79 Å². The standard InChI is InChI=1S/C10H12N6O/c1-6(12-14-10(11)17)8-4-3-5-9-7(2)13-15-16(8)9/h3-5H,1-2H3,(H3,11,14,17). The van der Waals surface area contributed by atoms with Gasteiger partial charge in [0.2, 0.25) is 0 Å². The number of primary amides is 1. The summed E-state index contributed by atoms with van der Waals surface area (Å²) in [5.74, 6) is 0. The Morgan fingerprint density at radius 1 is 1.53 bits per heavy atom. The fourth-order valence-electron chi connectivity index (χ4n) is 1.50. The molecule has 0 saturated heterocycles. The second-order valence-electron chi connectivity index (χ2n) is 3.56. The summed E-state index contributed by atoms with van der Waals surface area (Å²) in [6, 6.07) is 4.92. The largest absolute Gasteiger partial charge is 0.350 e. The van der Waals surface area contributed by atoms with Crippen LogP contribution in [0.25, 0.3) is 5.52 Å². The van der Waals surface area contributed by atoms with Crippen LogP contribution in [-0.2, 0) is 0 Å². The number of carbonyl (C=O) groups excluding carboxylic acids is 1. The van der Waals surface area contributed by atoms with Gasteiger partial charge < -0.3 is 5.73 Å². The monoisotopic (exact) mass is 232 g/mol. The van der Waals surface area contributed by atoms with E-state index in [0.717, 1.165) is 16.9 Å². The maximum absolute atomic E-state index is 10.6. The Hall–Kier alpha value is -2.44. The van der Waals surface area contributed by atoms with Gasteiger partial charge in [-0.3, -0.25) is 0 Å². The van der Waals surface area contributed by atoms with Crippen LogP contribution in [0.5, 0.6) is 0 Å². The van der Waals surface area contributed by atoms with E-state index in [9.17, 15) is 4.79 Å². The first-order chi connectivity index (χ1) is 8.09. The molecule has 3 N–H and O–H groups in total. The zero-order valence-electron chi connectivity index (χ0n) is 9.51. The van der Waals surface area contributed by atoms with E-state index >= 15 is 0 Å². The average Bonchev–Trinajstić information content (AvgIpc) is 2.68. The van der Waals surface area contributed by atoms with E-state index in [4.69, 9.17) is 5.73 Å². The molecule has 0 spiro atoms. The van der Waals surface area contributed by atoms with E-state index in [-0.39, 0.29) is 0 Å². The number of rotatable bonds is 2. The smallest absolute Gasteiger partial charge is 0.332 e. The third-order valence-corrected chi connectivity index (χ3v) is 2.32. The van der Waals surface area contributed by atoms with Crippen LogP contribution in [0.15, 0.2) is 23.3 Å². The lowest BCUT2D eigenvalue weighted by Gasteiger charge is -2.03. The lowest BCUT2D eigenvalue weighted by Crippen LogP contribution is -2.25. The summed E-state index contributed by atoms with van der Waals surface area (Å²) in [6.45, 7) is 3.63. The van der Waals surface area contributed by atoms with Gasteiger partial charge in [0.05, 0.1) is 22.6 Å². The van der Waals surface area contributed by atoms with Gasteiger partial charge in [0.1, 0.15) is 0 Å². The zero-order valence-corrected chi connectivity index (χ0v) is 9.51. The summed E-state index contributed by atoms with van der Waals surface area (Å²) < 4.78 is 1.66. The molecule has 88 valence electrons. The average molecular weight is 232 g/mol. The molecule has 0 aromatic carbocycles. The lowest BCUT2D eigenvalue weighted by molar-refractivity contribution is 0.249. The van der Waals surface area contributed by atoms with Gasteiger partial charge in [-0.25, -0.2) is 14.7 Å². The van der Waals surface area contributed by atoms with Gasteiger partial charge in [0.15, 0.2) is 0 Å². The molecule has 7 heteroatoms. The number of aryl methyl sites for hydroxylation is 1. The maximum atomic E-state index is 10.6. The van der Waals surface area contributed by atoms with Gasteiger partial charge in [-0.2, -0.15) is 5.10 Å². The first-order valence-electron chi connectivity index (χ1n) is 5.00. The van der Waals surface area contributed by atoms with E-state index in [1.165, 1.54) is 0 Å². The molecule has 2 heterocycles. The molecular formula is C10H12N6O. The molecule has 2 amide bonds. The molecule has 0 aliphatic rings. The molecular weight excluding hydrogens is 220 g/mol. The second kappa shape index (κ2) is 4.20. The van der Waals surface area contributed by atoms with Crippen LogP contribution in [0.1, 0.15) is 18.3 Å². The minimum Gasteiger partial charge on any atom is -0.350 e. The number of urea groups is 1. The minimum absolute atomic E-state index is 0.597. The first-order valence-corrected chi connectivity index (χ1v) is 5.00. The summed E-state index contributed by atoms with van der Waals surface area (Å²) in [4.78, 5) is 10.6. The Balaban J connectivity index is 2.48. The normalized spacial score (nSPS) is 11.8. The molecule has 0 fully saturated rings. The molecule has 0 atom stereocenters. The van der Waals surface area contributed by atoms with Crippen molar-refractivity contribution in [3.8, 4) is 0 Å². The number of hydrogen-bond donors (Lipinski definition) is 2. The molecule has 7 nitrogen and oxygen atoms in total. The Bertz CT molecular complexity index is 600. The van der Waals surface area contributed by atoms with E-state index in [2.05, 4.69) is 20.8 Å². The Kier molecular flexibility index (Phi) is 2.73. The topological polar surface area (TPSA) is 97.7 Å². The number of hydrazone groups is 1. The fraction of sp³-hybridized carbons (Fsp3) is 0.200. The summed E-state index contributed by atoms with van der Waals surface area (Å²) in [5, 5.41) is 11.8. The molecule has 0 unspecified atom stereocenters. The number of nitrogens with one attached hydrogen (secondary N) is 1. The predicted octanol–water partition coefficient (Wildman–Crippen LogP) is 0.430. The number of hydrogen-bond acceptors (Lipinski definition) is 4. The zero-order chi connectivity index (χ0) is 12.4. The fourth-order valence-corrected chi connectivity index (χ4v) is 1.50. The van der Waals surface area contributed by atoms with Crippen molar-refractivity contribution in [3.63, 3.8) is 0 Å². The molecule has 17 heavy (non-hydrogen) atoms. The van der Waals surface area contributed by atoms with E-state index in [1.54, 1.807) is 11.4 Å². The third-order valence-electron chi connectivity index (χ3n) is 2.32. The Morgan fingerprint density at radius 3 is 3.00 bits per heavy atom. The number of nitrogens with two attached hydrogens (primary N) is 1. The van der Waals surface area contributed by atoms with Gasteiger partial charge in [0, 0.05) is 0 Å². The summed E-state index contributed by atoms with van der Waals surface area (Å²) in [5.41, 5.74) is 10.2. The highest BCUT2D eigenvalue weighted by atomic mass is 16.2. The van der Waals surface area contributed by atoms with Crippen molar-refractivity contribution >= 4 is 17.3 Å². The highest BCUT2D eigenvalue weighted by Crippen LogP contribution is 2.09. The maximum Gasteiger partial charge on any atom is 0.332 e. The van der Waals surface area contributed by atoms with Gasteiger partial charge in [0.25, 0.3) is 0 Å². The highest BCUT2D eigenvalue weighted by molar-refractivity contribution is 5.98. The van der Waals surface area contributed by atoms with Gasteiger partial charge in [-0.15, -0.1) is 5.10 Å². The van der Waals surface area contributed by atoms with Gasteiger partial charge in [-0.05, 0) is 26.0 Å². The van der Waals surface area contributed by atoms with Crippen LogP contribution in [0.4, 0.5) is 4.79 Å². The summed E-state index contributed by atoms with van der Waals surface area (Å²) >= 11 is 0. The Morgan fingerprint density at radius 2 is 2.29 bits per heavy atom. The van der Waals surface area contributed by atoms with Crippen molar-refractivity contribution in [2.24, 2.45) is 10.8 Å². The van der Waals surface area contributed by atoms with E-state index in [1.807, 2.05) is 25.1 Å². The van der Waals surface area contributed by atoms with Crippen LogP contribution < -0.4 is 11.2 Å². The molecule has 2 rings (SSSR count). The molecule has 0 bridgehead atoms. The van der Waals surface area contributed by atoms with Crippen molar-refractivity contribution in [2.45, 2.75) is 13.8 Å². The molecule has 0 saturated carbocycles. The van der Waals surface area contributed by atoms with Crippen molar-refractivity contribution in [1.29, 1.82) is 0 Å². The minimum atomic E-state index is -0.703. The van der Waals surface area contributed by atoms with Crippen molar-refractivity contribution in [3.05, 3.63) is 29.6 Å². The van der Waals surface area contributed by atoms with Crippen LogP contribution >= 0.6 is 0 Å². The predicted molar refractivity (Wildman–Crippen MR) is 62.7 cm³/mol. The van der Waals surface area contributed by atoms with Crippen LogP contribution in [0.2, 0.25) is 0 Å². The van der Waals surface area contributed by atoms with E-state index < -0.39 is 6.03 Å². The van der Waals surface area contributed by atoms with Crippen molar-refractivity contribution in [1.82, 2.24) is 20.3 Å². The molecule has 2 aromatic heterocycles. The van der Waals surface area contributed by atoms with Gasteiger partial charge in [-0.1, -0.05) is 11.3 Å². The van der Waals surface area contributed by atoms with Crippen LogP contribution in [-0.4, -0.2) is 26.6 Å². The van der Waals surface area contributed by atoms with E-state index in [0.29, 0.717) is 5.71 Å². The molecule has 2 aromatic rings. The quantitative estimate of drug-likeness (QED) is 0.580. The number of amides is 2. The first kappa shape index (κ1) is 11.1. The van der Waals surface area contributed by atoms with Gasteiger partial charge >= 0.3 is 6.03 Å². The second-order valence-corrected chi connectivity index (χ2v) is 3.56. The lowest BCUT2D eigenvalue weighted by atomic mass is 10.2. The SMILES string of the molecule is CC(=NNC(N)=O)c1cccc2c(C)nnn12. The van der Waals surface area contributed by atoms with Crippen LogP contribution in [0, 0.1) is 6.92 Å². The number of nitrogens with zero attached hydrogens (tertiary/aromatic N) is 4. The Labute approximate surface area is 97.3 Å². The summed E-state index contributed by atoms with van der Waals surface area (Å²) in [7, 11) is 0. The summed E-state index contributed by atoms with van der Waals surface area (Å²) in [6.07, 6.45) is 0. The number of fused-ring (bicyclic) bond motifs is 1. The third kappa shape index (κ3) is 2.07.